The number of hydrogen-bond donors (Lipinski definition) is 1. The van der Waals surface area contributed by atoms with E-state index in [0.717, 1.165) is 16.6 Å². The first-order valence-electron chi connectivity index (χ1n) is 5.97. The number of nitrogens with zero attached hydrogens (tertiary/aromatic N) is 1. The molecule has 0 spiro atoms. The Kier molecular flexibility index (Phi) is 2.98. The second kappa shape index (κ2) is 4.94. The molecule has 0 amide bonds. The molecule has 0 saturated heterocycles. The fourth-order valence-electron chi connectivity index (χ4n) is 1.86. The van der Waals surface area contributed by atoms with Crippen LogP contribution >= 0.6 is 0 Å². The molecule has 3 rings (SSSR count). The van der Waals surface area contributed by atoms with Crippen molar-refractivity contribution < 1.29 is 9.53 Å². The number of rotatable bonds is 3. The smallest absolute Gasteiger partial charge is 0.340 e. The minimum Gasteiger partial charge on any atom is -0.457 e. The molecule has 0 atom stereocenters. The van der Waals surface area contributed by atoms with Crippen molar-refractivity contribution in [3.63, 3.8) is 0 Å². The van der Waals surface area contributed by atoms with Crippen LogP contribution in [0.25, 0.3) is 11.0 Å². The lowest BCUT2D eigenvalue weighted by atomic mass is 10.2. The molecular formula is C15H12N2O2. The molecule has 19 heavy (non-hydrogen) atoms. The molecule has 94 valence electrons. The Morgan fingerprint density at radius 1 is 1.21 bits per heavy atom. The maximum Gasteiger partial charge on any atom is 0.340 e. The summed E-state index contributed by atoms with van der Waals surface area (Å²) in [6.45, 7) is 0.269. The van der Waals surface area contributed by atoms with E-state index in [9.17, 15) is 4.79 Å². The Bertz CT molecular complexity index is 704. The number of benzene rings is 1. The highest BCUT2D eigenvalue weighted by Gasteiger charge is 2.09. The molecular weight excluding hydrogens is 240 g/mol. The van der Waals surface area contributed by atoms with Gasteiger partial charge in [-0.3, -0.25) is 0 Å². The maximum absolute atomic E-state index is 11.9. The van der Waals surface area contributed by atoms with Crippen LogP contribution < -0.4 is 0 Å². The number of pyridine rings is 1. The van der Waals surface area contributed by atoms with Gasteiger partial charge in [-0.25, -0.2) is 9.78 Å². The predicted octanol–water partition coefficient (Wildman–Crippen LogP) is 2.92. The van der Waals surface area contributed by atoms with Crippen molar-refractivity contribution in [2.75, 3.05) is 0 Å². The summed E-state index contributed by atoms with van der Waals surface area (Å²) >= 11 is 0. The van der Waals surface area contributed by atoms with Gasteiger partial charge in [-0.15, -0.1) is 0 Å². The van der Waals surface area contributed by atoms with Gasteiger partial charge in [0.05, 0.1) is 5.56 Å². The molecule has 0 aliphatic carbocycles. The van der Waals surface area contributed by atoms with Crippen LogP contribution in [0.3, 0.4) is 0 Å². The number of hydrogen-bond acceptors (Lipinski definition) is 3. The average molecular weight is 252 g/mol. The Morgan fingerprint density at radius 2 is 2.05 bits per heavy atom. The molecule has 3 aromatic rings. The van der Waals surface area contributed by atoms with Gasteiger partial charge >= 0.3 is 5.97 Å². The summed E-state index contributed by atoms with van der Waals surface area (Å²) in [6, 6.07) is 13.2. The third kappa shape index (κ3) is 2.47. The van der Waals surface area contributed by atoms with Crippen molar-refractivity contribution in [2.24, 2.45) is 0 Å². The summed E-state index contributed by atoms with van der Waals surface area (Å²) in [5.41, 5.74) is 2.19. The predicted molar refractivity (Wildman–Crippen MR) is 71.7 cm³/mol. The standard InChI is InChI=1S/C15H12N2O2/c18-15(19-10-11-4-2-1-3-5-11)13-8-12-6-7-16-14(12)17-9-13/h1-9H,10H2,(H,16,17). The van der Waals surface area contributed by atoms with E-state index in [-0.39, 0.29) is 12.6 Å². The number of carbonyl (C=O) groups is 1. The van der Waals surface area contributed by atoms with Gasteiger partial charge in [0.2, 0.25) is 0 Å². The van der Waals surface area contributed by atoms with Crippen molar-refractivity contribution in [3.8, 4) is 0 Å². The SMILES string of the molecule is O=C(OCc1ccccc1)c1cnc2[nH]ccc2c1. The summed E-state index contributed by atoms with van der Waals surface area (Å²) < 4.78 is 5.25. The van der Waals surface area contributed by atoms with Crippen molar-refractivity contribution in [3.05, 3.63) is 66.0 Å². The Morgan fingerprint density at radius 3 is 2.89 bits per heavy atom. The van der Waals surface area contributed by atoms with E-state index < -0.39 is 0 Å². The van der Waals surface area contributed by atoms with E-state index in [4.69, 9.17) is 4.74 Å². The van der Waals surface area contributed by atoms with Gasteiger partial charge in [0.1, 0.15) is 12.3 Å². The number of H-pyrrole nitrogens is 1. The van der Waals surface area contributed by atoms with E-state index in [2.05, 4.69) is 9.97 Å². The molecule has 0 aliphatic rings. The maximum atomic E-state index is 11.9. The summed E-state index contributed by atoms with van der Waals surface area (Å²) in [5.74, 6) is -0.362. The van der Waals surface area contributed by atoms with Gasteiger partial charge < -0.3 is 9.72 Å². The third-order valence-corrected chi connectivity index (χ3v) is 2.85. The van der Waals surface area contributed by atoms with Gasteiger partial charge in [-0.05, 0) is 17.7 Å². The quantitative estimate of drug-likeness (QED) is 0.729. The molecule has 2 aromatic heterocycles. The number of ether oxygens (including phenoxy) is 1. The minimum absolute atomic E-state index is 0.269. The monoisotopic (exact) mass is 252 g/mol. The van der Waals surface area contributed by atoms with Crippen LogP contribution in [-0.4, -0.2) is 15.9 Å². The minimum atomic E-state index is -0.362. The molecule has 4 heteroatoms. The van der Waals surface area contributed by atoms with Gasteiger partial charge in [0, 0.05) is 17.8 Å². The van der Waals surface area contributed by atoms with Crippen LogP contribution in [0.4, 0.5) is 0 Å². The Balaban J connectivity index is 1.73. The van der Waals surface area contributed by atoms with Gasteiger partial charge in [-0.2, -0.15) is 0 Å². The molecule has 0 unspecified atom stereocenters. The zero-order valence-corrected chi connectivity index (χ0v) is 10.2. The Hall–Kier alpha value is -2.62. The fraction of sp³-hybridized carbons (Fsp3) is 0.0667. The van der Waals surface area contributed by atoms with Gasteiger partial charge in [-0.1, -0.05) is 30.3 Å². The van der Waals surface area contributed by atoms with Crippen molar-refractivity contribution >= 4 is 17.0 Å². The first-order valence-corrected chi connectivity index (χ1v) is 5.97. The largest absolute Gasteiger partial charge is 0.457 e. The number of nitrogens with one attached hydrogen (secondary N) is 1. The van der Waals surface area contributed by atoms with E-state index in [0.29, 0.717) is 5.56 Å². The number of carbonyl (C=O) groups excluding carboxylic acids is 1. The molecule has 0 radical (unpaired) electrons. The highest BCUT2D eigenvalue weighted by atomic mass is 16.5. The first kappa shape index (κ1) is 11.5. The molecule has 0 bridgehead atoms. The van der Waals surface area contributed by atoms with Gasteiger partial charge in [0.25, 0.3) is 0 Å². The van der Waals surface area contributed by atoms with Crippen LogP contribution in [0, 0.1) is 0 Å². The average Bonchev–Trinajstić information content (AvgIpc) is 2.93. The second-order valence-electron chi connectivity index (χ2n) is 4.20. The van der Waals surface area contributed by atoms with Crippen molar-refractivity contribution in [2.45, 2.75) is 6.61 Å². The summed E-state index contributed by atoms with van der Waals surface area (Å²) in [4.78, 5) is 19.1. The van der Waals surface area contributed by atoms with E-state index in [1.165, 1.54) is 6.20 Å². The van der Waals surface area contributed by atoms with Crippen LogP contribution in [0.1, 0.15) is 15.9 Å². The van der Waals surface area contributed by atoms with Crippen LogP contribution in [0.2, 0.25) is 0 Å². The highest BCUT2D eigenvalue weighted by molar-refractivity contribution is 5.93. The van der Waals surface area contributed by atoms with Gasteiger partial charge in [0.15, 0.2) is 0 Å². The molecule has 2 heterocycles. The highest BCUT2D eigenvalue weighted by Crippen LogP contribution is 2.12. The number of esters is 1. The number of aromatic amines is 1. The number of fused-ring (bicyclic) bond motifs is 1. The molecule has 1 N–H and O–H groups in total. The zero-order valence-electron chi connectivity index (χ0n) is 10.2. The van der Waals surface area contributed by atoms with E-state index in [1.54, 1.807) is 12.3 Å². The topological polar surface area (TPSA) is 55.0 Å². The van der Waals surface area contributed by atoms with E-state index >= 15 is 0 Å². The summed E-state index contributed by atoms with van der Waals surface area (Å²) in [6.07, 6.45) is 3.31. The van der Waals surface area contributed by atoms with Crippen LogP contribution in [-0.2, 0) is 11.3 Å². The third-order valence-electron chi connectivity index (χ3n) is 2.85. The fourth-order valence-corrected chi connectivity index (χ4v) is 1.86. The van der Waals surface area contributed by atoms with Crippen molar-refractivity contribution in [1.29, 1.82) is 0 Å². The lowest BCUT2D eigenvalue weighted by Crippen LogP contribution is -2.05. The van der Waals surface area contributed by atoms with E-state index in [1.807, 2.05) is 36.4 Å². The summed E-state index contributed by atoms with van der Waals surface area (Å²) in [7, 11) is 0. The van der Waals surface area contributed by atoms with Crippen molar-refractivity contribution in [1.82, 2.24) is 9.97 Å². The van der Waals surface area contributed by atoms with Crippen LogP contribution in [0.5, 0.6) is 0 Å². The molecule has 0 saturated carbocycles. The Labute approximate surface area is 110 Å². The van der Waals surface area contributed by atoms with Crippen LogP contribution in [0.15, 0.2) is 54.9 Å². The molecule has 0 fully saturated rings. The summed E-state index contributed by atoms with van der Waals surface area (Å²) in [5, 5.41) is 0.897. The first-order chi connectivity index (χ1) is 9.33. The molecule has 1 aromatic carbocycles. The second-order valence-corrected chi connectivity index (χ2v) is 4.20. The normalized spacial score (nSPS) is 10.5. The molecule has 0 aliphatic heterocycles. The zero-order chi connectivity index (χ0) is 13.1. The lowest BCUT2D eigenvalue weighted by molar-refractivity contribution is 0.0472. The lowest BCUT2D eigenvalue weighted by Gasteiger charge is -2.04. The number of aromatic nitrogens is 2. The molecule has 4 nitrogen and oxygen atoms in total.